The summed E-state index contributed by atoms with van der Waals surface area (Å²) < 4.78 is 1.42. The summed E-state index contributed by atoms with van der Waals surface area (Å²) >= 11 is 13.2. The van der Waals surface area contributed by atoms with Gasteiger partial charge in [-0.3, -0.25) is 9.59 Å². The molecular weight excluding hydrogens is 455 g/mol. The van der Waals surface area contributed by atoms with Crippen molar-refractivity contribution in [3.05, 3.63) is 86.8 Å². The van der Waals surface area contributed by atoms with Gasteiger partial charge in [-0.1, -0.05) is 53.2 Å². The number of nitrogens with one attached hydrogen (secondary N) is 1. The zero-order valence-corrected chi connectivity index (χ0v) is 18.6. The minimum Gasteiger partial charge on any atom is -0.324 e. The fourth-order valence-corrected chi connectivity index (χ4v) is 4.05. The Bertz CT molecular complexity index is 1340. The van der Waals surface area contributed by atoms with E-state index in [0.717, 1.165) is 17.3 Å². The summed E-state index contributed by atoms with van der Waals surface area (Å²) in [6.07, 6.45) is 1.68. The quantitative estimate of drug-likeness (QED) is 0.323. The molecule has 0 spiro atoms. The molecule has 0 bridgehead atoms. The number of rotatable bonds is 5. The molecule has 1 N–H and O–H groups in total. The predicted octanol–water partition coefficient (Wildman–Crippen LogP) is 5.13. The lowest BCUT2D eigenvalue weighted by molar-refractivity contribution is -0.113. The molecule has 9 heteroatoms. The van der Waals surface area contributed by atoms with Gasteiger partial charge >= 0.3 is 0 Å². The summed E-state index contributed by atoms with van der Waals surface area (Å²) in [6, 6.07) is 15.5. The van der Waals surface area contributed by atoms with Gasteiger partial charge in [-0.05, 0) is 48.9 Å². The molecule has 31 heavy (non-hydrogen) atoms. The average molecular weight is 471 g/mol. The summed E-state index contributed by atoms with van der Waals surface area (Å²) in [5, 5.41) is 4.42. The molecule has 0 fully saturated rings. The van der Waals surface area contributed by atoms with E-state index in [1.54, 1.807) is 48.7 Å². The maximum Gasteiger partial charge on any atom is 0.267 e. The van der Waals surface area contributed by atoms with E-state index >= 15 is 0 Å². The summed E-state index contributed by atoms with van der Waals surface area (Å²) in [6.45, 7) is 1.92. The van der Waals surface area contributed by atoms with Crippen molar-refractivity contribution in [3.63, 3.8) is 0 Å². The third-order valence-electron chi connectivity index (χ3n) is 4.40. The summed E-state index contributed by atoms with van der Waals surface area (Å²) in [7, 11) is 0. The number of fused-ring (bicyclic) bond motifs is 1. The van der Waals surface area contributed by atoms with Crippen molar-refractivity contribution >= 4 is 57.5 Å². The van der Waals surface area contributed by atoms with Gasteiger partial charge in [0.1, 0.15) is 5.82 Å². The largest absolute Gasteiger partial charge is 0.324 e. The van der Waals surface area contributed by atoms with Gasteiger partial charge in [-0.15, -0.1) is 0 Å². The number of aromatic nitrogens is 3. The van der Waals surface area contributed by atoms with E-state index in [-0.39, 0.29) is 17.2 Å². The highest BCUT2D eigenvalue weighted by Gasteiger charge is 2.16. The van der Waals surface area contributed by atoms with Crippen molar-refractivity contribution in [2.75, 3.05) is 11.1 Å². The van der Waals surface area contributed by atoms with E-state index in [0.29, 0.717) is 37.6 Å². The van der Waals surface area contributed by atoms with Gasteiger partial charge in [-0.2, -0.15) is 0 Å². The topological polar surface area (TPSA) is 76.9 Å². The first kappa shape index (κ1) is 21.4. The summed E-state index contributed by atoms with van der Waals surface area (Å²) in [4.78, 5) is 34.7. The molecule has 6 nitrogen and oxygen atoms in total. The molecule has 0 unspecified atom stereocenters. The third kappa shape index (κ3) is 4.74. The Balaban J connectivity index is 1.67. The van der Waals surface area contributed by atoms with Crippen LogP contribution in [0.1, 0.15) is 5.56 Å². The molecule has 0 radical (unpaired) electrons. The Kier molecular flexibility index (Phi) is 6.27. The van der Waals surface area contributed by atoms with Crippen LogP contribution < -0.4 is 10.9 Å². The minimum absolute atomic E-state index is 0.0134. The van der Waals surface area contributed by atoms with Gasteiger partial charge in [0.25, 0.3) is 5.56 Å². The lowest BCUT2D eigenvalue weighted by Crippen LogP contribution is -2.23. The number of hydrogen-bond donors (Lipinski definition) is 1. The number of pyridine rings is 1. The smallest absolute Gasteiger partial charge is 0.267 e. The first-order chi connectivity index (χ1) is 14.9. The molecule has 0 aliphatic heterocycles. The van der Waals surface area contributed by atoms with Crippen LogP contribution >= 0.6 is 35.0 Å². The second kappa shape index (κ2) is 9.09. The molecular formula is C22H16Cl2N4O2S. The molecule has 1 amide bonds. The number of para-hydroxylation sites is 1. The number of nitrogens with zero attached hydrogens (tertiary/aromatic N) is 3. The van der Waals surface area contributed by atoms with Gasteiger partial charge in [0.05, 0.1) is 27.4 Å². The van der Waals surface area contributed by atoms with E-state index in [1.807, 2.05) is 19.1 Å². The number of carbonyl (C=O) groups excluding carboxylic acids is 1. The second-order valence-electron chi connectivity index (χ2n) is 6.71. The minimum atomic E-state index is -0.306. The second-order valence-corrected chi connectivity index (χ2v) is 8.49. The van der Waals surface area contributed by atoms with Crippen molar-refractivity contribution < 1.29 is 4.79 Å². The van der Waals surface area contributed by atoms with Crippen LogP contribution in [0.4, 0.5) is 5.69 Å². The summed E-state index contributed by atoms with van der Waals surface area (Å²) in [5.74, 6) is 0.147. The van der Waals surface area contributed by atoms with Crippen LogP contribution in [0.3, 0.4) is 0 Å². The zero-order valence-electron chi connectivity index (χ0n) is 16.3. The van der Waals surface area contributed by atoms with Gasteiger partial charge < -0.3 is 5.32 Å². The van der Waals surface area contributed by atoms with Crippen molar-refractivity contribution in [1.82, 2.24) is 14.5 Å². The van der Waals surface area contributed by atoms with Crippen LogP contribution in [0.15, 0.2) is 70.7 Å². The lowest BCUT2D eigenvalue weighted by atomic mass is 10.2. The van der Waals surface area contributed by atoms with E-state index in [9.17, 15) is 9.59 Å². The monoisotopic (exact) mass is 470 g/mol. The Morgan fingerprint density at radius 3 is 2.71 bits per heavy atom. The third-order valence-corrected chi connectivity index (χ3v) is 5.91. The standard InChI is InChI=1S/C22H16Cl2N4O2S/c1-13-6-9-19(25-11-13)28-21(30)15-4-2-3-5-17(15)27-22(28)31-12-20(29)26-18-10-14(23)7-8-16(18)24/h2-11H,12H2,1H3,(H,26,29). The highest BCUT2D eigenvalue weighted by molar-refractivity contribution is 7.99. The Morgan fingerprint density at radius 2 is 1.94 bits per heavy atom. The first-order valence-electron chi connectivity index (χ1n) is 9.25. The van der Waals surface area contributed by atoms with Crippen LogP contribution in [0.2, 0.25) is 10.0 Å². The van der Waals surface area contributed by atoms with Crippen LogP contribution in [0.25, 0.3) is 16.7 Å². The number of anilines is 1. The molecule has 0 aliphatic rings. The van der Waals surface area contributed by atoms with Gasteiger partial charge in [0, 0.05) is 11.2 Å². The Labute approximate surface area is 192 Å². The number of carbonyl (C=O) groups is 1. The Morgan fingerprint density at radius 1 is 1.13 bits per heavy atom. The van der Waals surface area contributed by atoms with E-state index in [4.69, 9.17) is 23.2 Å². The van der Waals surface area contributed by atoms with Crippen LogP contribution in [0.5, 0.6) is 0 Å². The van der Waals surface area contributed by atoms with E-state index in [1.165, 1.54) is 4.57 Å². The predicted molar refractivity (Wildman–Crippen MR) is 126 cm³/mol. The lowest BCUT2D eigenvalue weighted by Gasteiger charge is -2.13. The van der Waals surface area contributed by atoms with Crippen molar-refractivity contribution in [1.29, 1.82) is 0 Å². The van der Waals surface area contributed by atoms with Crippen LogP contribution in [0, 0.1) is 6.92 Å². The fourth-order valence-electron chi connectivity index (χ4n) is 2.91. The number of halogens is 2. The maximum atomic E-state index is 13.2. The van der Waals surface area contributed by atoms with Gasteiger partial charge in [0.2, 0.25) is 5.91 Å². The van der Waals surface area contributed by atoms with E-state index < -0.39 is 0 Å². The molecule has 4 rings (SSSR count). The number of thioether (sulfide) groups is 1. The molecule has 2 aromatic carbocycles. The molecule has 156 valence electrons. The molecule has 0 saturated carbocycles. The van der Waals surface area contributed by atoms with E-state index in [2.05, 4.69) is 15.3 Å². The van der Waals surface area contributed by atoms with Crippen molar-refractivity contribution in [2.45, 2.75) is 12.1 Å². The first-order valence-corrected chi connectivity index (χ1v) is 11.0. The highest BCUT2D eigenvalue weighted by atomic mass is 35.5. The fraction of sp³-hybridized carbons (Fsp3) is 0.0909. The molecule has 0 aliphatic carbocycles. The van der Waals surface area contributed by atoms with Crippen LogP contribution in [-0.2, 0) is 4.79 Å². The normalized spacial score (nSPS) is 10.9. The SMILES string of the molecule is Cc1ccc(-n2c(SCC(=O)Nc3cc(Cl)ccc3Cl)nc3ccccc3c2=O)nc1. The molecule has 2 aromatic heterocycles. The van der Waals surface area contributed by atoms with Crippen LogP contribution in [-0.4, -0.2) is 26.2 Å². The van der Waals surface area contributed by atoms with Gasteiger partial charge in [-0.25, -0.2) is 14.5 Å². The summed E-state index contributed by atoms with van der Waals surface area (Å²) in [5.41, 5.74) is 1.70. The molecule has 0 saturated heterocycles. The zero-order chi connectivity index (χ0) is 22.0. The highest BCUT2D eigenvalue weighted by Crippen LogP contribution is 2.26. The average Bonchev–Trinajstić information content (AvgIpc) is 2.76. The number of hydrogen-bond acceptors (Lipinski definition) is 5. The number of amides is 1. The molecule has 2 heterocycles. The maximum absolute atomic E-state index is 13.2. The molecule has 4 aromatic rings. The number of aryl methyl sites for hydroxylation is 1. The molecule has 0 atom stereocenters. The Hall–Kier alpha value is -2.87. The number of benzene rings is 2. The van der Waals surface area contributed by atoms with Crippen molar-refractivity contribution in [3.8, 4) is 5.82 Å². The van der Waals surface area contributed by atoms with Gasteiger partial charge in [0.15, 0.2) is 5.16 Å². The van der Waals surface area contributed by atoms with Crippen molar-refractivity contribution in [2.24, 2.45) is 0 Å².